The summed E-state index contributed by atoms with van der Waals surface area (Å²) < 4.78 is 18.6. The minimum Gasteiger partial charge on any atom is -0.375 e. The third-order valence-corrected chi connectivity index (χ3v) is 2.12. The van der Waals surface area contributed by atoms with E-state index in [-0.39, 0.29) is 11.9 Å². The van der Waals surface area contributed by atoms with Crippen LogP contribution in [-0.2, 0) is 4.74 Å². The van der Waals surface area contributed by atoms with Crippen molar-refractivity contribution in [2.45, 2.75) is 13.0 Å². The van der Waals surface area contributed by atoms with Crippen molar-refractivity contribution in [3.8, 4) is 0 Å². The first-order valence-corrected chi connectivity index (χ1v) is 4.77. The van der Waals surface area contributed by atoms with Gasteiger partial charge in [0.05, 0.1) is 6.10 Å². The number of methoxy groups -OCH3 is 1. The molecule has 0 aliphatic carbocycles. The molecule has 0 aromatic heterocycles. The molecule has 0 bridgehead atoms. The molecule has 1 N–H and O–H groups in total. The SMILES string of the molecule is CCNCC(OC)c1ccccc1F. The zero-order valence-corrected chi connectivity index (χ0v) is 8.59. The summed E-state index contributed by atoms with van der Waals surface area (Å²) >= 11 is 0. The molecule has 78 valence electrons. The molecule has 14 heavy (non-hydrogen) atoms. The van der Waals surface area contributed by atoms with Crippen LogP contribution in [0.5, 0.6) is 0 Å². The van der Waals surface area contributed by atoms with Gasteiger partial charge in [-0.25, -0.2) is 4.39 Å². The molecule has 0 saturated carbocycles. The van der Waals surface area contributed by atoms with Crippen LogP contribution < -0.4 is 5.32 Å². The van der Waals surface area contributed by atoms with E-state index in [1.165, 1.54) is 6.07 Å². The van der Waals surface area contributed by atoms with Gasteiger partial charge < -0.3 is 10.1 Å². The summed E-state index contributed by atoms with van der Waals surface area (Å²) in [5.41, 5.74) is 0.607. The largest absolute Gasteiger partial charge is 0.375 e. The van der Waals surface area contributed by atoms with E-state index < -0.39 is 0 Å². The van der Waals surface area contributed by atoms with Gasteiger partial charge in [-0.1, -0.05) is 25.1 Å². The van der Waals surface area contributed by atoms with E-state index in [4.69, 9.17) is 4.74 Å². The van der Waals surface area contributed by atoms with Crippen molar-refractivity contribution >= 4 is 0 Å². The van der Waals surface area contributed by atoms with E-state index in [1.807, 2.05) is 13.0 Å². The van der Waals surface area contributed by atoms with Crippen LogP contribution in [-0.4, -0.2) is 20.2 Å². The maximum absolute atomic E-state index is 13.3. The second-order valence-corrected chi connectivity index (χ2v) is 3.05. The van der Waals surface area contributed by atoms with Crippen LogP contribution in [0.2, 0.25) is 0 Å². The first-order chi connectivity index (χ1) is 6.79. The Bertz CT molecular complexity index is 278. The first-order valence-electron chi connectivity index (χ1n) is 4.77. The van der Waals surface area contributed by atoms with Gasteiger partial charge in [0.25, 0.3) is 0 Å². The number of hydrogen-bond donors (Lipinski definition) is 1. The Morgan fingerprint density at radius 2 is 2.14 bits per heavy atom. The number of rotatable bonds is 5. The highest BCUT2D eigenvalue weighted by Gasteiger charge is 2.13. The number of halogens is 1. The van der Waals surface area contributed by atoms with Crippen LogP contribution in [0, 0.1) is 5.82 Å². The minimum atomic E-state index is -0.212. The number of likely N-dealkylation sites (N-methyl/N-ethyl adjacent to an activating group) is 1. The molecule has 1 aromatic carbocycles. The van der Waals surface area contributed by atoms with E-state index in [0.717, 1.165) is 6.54 Å². The third kappa shape index (κ3) is 2.79. The summed E-state index contributed by atoms with van der Waals surface area (Å²) in [7, 11) is 1.59. The minimum absolute atomic E-state index is 0.211. The molecule has 0 spiro atoms. The summed E-state index contributed by atoms with van der Waals surface area (Å²) in [6.45, 7) is 3.50. The van der Waals surface area contributed by atoms with Crippen LogP contribution in [0.25, 0.3) is 0 Å². The molecule has 0 aliphatic rings. The van der Waals surface area contributed by atoms with Crippen LogP contribution >= 0.6 is 0 Å². The monoisotopic (exact) mass is 197 g/mol. The second kappa shape index (κ2) is 5.73. The van der Waals surface area contributed by atoms with Gasteiger partial charge in [-0.2, -0.15) is 0 Å². The van der Waals surface area contributed by atoms with Crippen molar-refractivity contribution in [3.63, 3.8) is 0 Å². The van der Waals surface area contributed by atoms with Gasteiger partial charge in [-0.15, -0.1) is 0 Å². The Kier molecular flexibility index (Phi) is 4.56. The molecule has 2 nitrogen and oxygen atoms in total. The van der Waals surface area contributed by atoms with Gasteiger partial charge in [0.2, 0.25) is 0 Å². The molecule has 1 aromatic rings. The molecule has 1 unspecified atom stereocenters. The Labute approximate surface area is 84.1 Å². The van der Waals surface area contributed by atoms with E-state index in [9.17, 15) is 4.39 Å². The van der Waals surface area contributed by atoms with Crippen molar-refractivity contribution in [2.24, 2.45) is 0 Å². The normalized spacial score (nSPS) is 12.8. The van der Waals surface area contributed by atoms with Crippen molar-refractivity contribution in [1.29, 1.82) is 0 Å². The van der Waals surface area contributed by atoms with Gasteiger partial charge in [-0.05, 0) is 12.6 Å². The van der Waals surface area contributed by atoms with Crippen LogP contribution in [0.15, 0.2) is 24.3 Å². The van der Waals surface area contributed by atoms with Crippen molar-refractivity contribution < 1.29 is 9.13 Å². The lowest BCUT2D eigenvalue weighted by atomic mass is 10.1. The van der Waals surface area contributed by atoms with Crippen LogP contribution in [0.1, 0.15) is 18.6 Å². The summed E-state index contributed by atoms with van der Waals surface area (Å²) in [5, 5.41) is 3.13. The molecule has 3 heteroatoms. The number of nitrogens with one attached hydrogen (secondary N) is 1. The maximum atomic E-state index is 13.3. The van der Waals surface area contributed by atoms with Gasteiger partial charge in [0, 0.05) is 19.2 Å². The van der Waals surface area contributed by atoms with E-state index >= 15 is 0 Å². The molecule has 0 fully saturated rings. The molecule has 1 atom stereocenters. The highest BCUT2D eigenvalue weighted by atomic mass is 19.1. The topological polar surface area (TPSA) is 21.3 Å². The smallest absolute Gasteiger partial charge is 0.129 e. The van der Waals surface area contributed by atoms with Crippen LogP contribution in [0.3, 0.4) is 0 Å². The van der Waals surface area contributed by atoms with E-state index in [1.54, 1.807) is 19.2 Å². The quantitative estimate of drug-likeness (QED) is 0.780. The molecule has 0 heterocycles. The fraction of sp³-hybridized carbons (Fsp3) is 0.455. The predicted octanol–water partition coefficient (Wildman–Crippen LogP) is 2.12. The molecule has 0 amide bonds. The van der Waals surface area contributed by atoms with Crippen molar-refractivity contribution in [2.75, 3.05) is 20.2 Å². The maximum Gasteiger partial charge on any atom is 0.129 e. The molecular formula is C11H16FNO. The Morgan fingerprint density at radius 1 is 1.43 bits per heavy atom. The standard InChI is InChI=1S/C11H16FNO/c1-3-13-8-11(14-2)9-6-4-5-7-10(9)12/h4-7,11,13H,3,8H2,1-2H3. The lowest BCUT2D eigenvalue weighted by Crippen LogP contribution is -2.22. The zero-order valence-electron chi connectivity index (χ0n) is 8.59. The van der Waals surface area contributed by atoms with Gasteiger partial charge in [0.1, 0.15) is 5.82 Å². The molecule has 1 rings (SSSR count). The molecule has 0 aliphatic heterocycles. The number of ether oxygens (including phenoxy) is 1. The van der Waals surface area contributed by atoms with Crippen molar-refractivity contribution in [1.82, 2.24) is 5.32 Å². The van der Waals surface area contributed by atoms with Gasteiger partial charge in [-0.3, -0.25) is 0 Å². The third-order valence-electron chi connectivity index (χ3n) is 2.12. The highest BCUT2D eigenvalue weighted by Crippen LogP contribution is 2.18. The zero-order chi connectivity index (χ0) is 10.4. The summed E-state index contributed by atoms with van der Waals surface area (Å²) in [6.07, 6.45) is -0.212. The molecule has 0 saturated heterocycles. The van der Waals surface area contributed by atoms with Gasteiger partial charge in [0.15, 0.2) is 0 Å². The van der Waals surface area contributed by atoms with E-state index in [0.29, 0.717) is 12.1 Å². The average molecular weight is 197 g/mol. The highest BCUT2D eigenvalue weighted by molar-refractivity contribution is 5.20. The Morgan fingerprint density at radius 3 is 2.71 bits per heavy atom. The summed E-state index contributed by atoms with van der Waals surface area (Å²) in [4.78, 5) is 0. The fourth-order valence-electron chi connectivity index (χ4n) is 1.33. The molecule has 0 radical (unpaired) electrons. The summed E-state index contributed by atoms with van der Waals surface area (Å²) in [6, 6.07) is 6.70. The molecular weight excluding hydrogens is 181 g/mol. The Balaban J connectivity index is 2.73. The van der Waals surface area contributed by atoms with Gasteiger partial charge >= 0.3 is 0 Å². The van der Waals surface area contributed by atoms with Crippen LogP contribution in [0.4, 0.5) is 4.39 Å². The lowest BCUT2D eigenvalue weighted by molar-refractivity contribution is 0.0996. The number of benzene rings is 1. The average Bonchev–Trinajstić information content (AvgIpc) is 2.21. The lowest BCUT2D eigenvalue weighted by Gasteiger charge is -2.16. The summed E-state index contributed by atoms with van der Waals surface area (Å²) in [5.74, 6) is -0.211. The predicted molar refractivity (Wildman–Crippen MR) is 54.7 cm³/mol. The van der Waals surface area contributed by atoms with E-state index in [2.05, 4.69) is 5.32 Å². The number of hydrogen-bond acceptors (Lipinski definition) is 2. The first kappa shape index (κ1) is 11.1. The Hall–Kier alpha value is -0.930. The fourth-order valence-corrected chi connectivity index (χ4v) is 1.33. The second-order valence-electron chi connectivity index (χ2n) is 3.05. The van der Waals surface area contributed by atoms with Crippen molar-refractivity contribution in [3.05, 3.63) is 35.6 Å².